The van der Waals surface area contributed by atoms with E-state index >= 15 is 0 Å². The minimum atomic E-state index is -0.408. The number of rotatable bonds is 12. The highest BCUT2D eigenvalue weighted by Crippen LogP contribution is 2.31. The third-order valence-electron chi connectivity index (χ3n) is 8.12. The summed E-state index contributed by atoms with van der Waals surface area (Å²) in [5, 5.41) is 19.5. The van der Waals surface area contributed by atoms with E-state index in [4.69, 9.17) is 26.8 Å². The molecule has 12 heteroatoms. The van der Waals surface area contributed by atoms with Crippen molar-refractivity contribution in [3.05, 3.63) is 71.1 Å². The van der Waals surface area contributed by atoms with Crippen LogP contribution in [0.1, 0.15) is 55.3 Å². The Kier molecular flexibility index (Phi) is 14.0. The van der Waals surface area contributed by atoms with Gasteiger partial charge in [-0.1, -0.05) is 36.9 Å². The van der Waals surface area contributed by atoms with Gasteiger partial charge in [-0.3, -0.25) is 4.79 Å². The van der Waals surface area contributed by atoms with Gasteiger partial charge in [-0.2, -0.15) is 5.26 Å². The molecule has 3 heterocycles. The Balaban J connectivity index is 0.000000210. The molecule has 1 saturated heterocycles. The van der Waals surface area contributed by atoms with Crippen molar-refractivity contribution in [3.8, 4) is 17.3 Å². The summed E-state index contributed by atoms with van der Waals surface area (Å²) in [6, 6.07) is 15.9. The van der Waals surface area contributed by atoms with Gasteiger partial charge in [-0.25, -0.2) is 14.4 Å². The van der Waals surface area contributed by atoms with E-state index in [-0.39, 0.29) is 11.7 Å². The summed E-state index contributed by atoms with van der Waals surface area (Å²) in [6.45, 7) is 4.23. The second-order valence-corrected chi connectivity index (χ2v) is 11.9. The summed E-state index contributed by atoms with van der Waals surface area (Å²) in [5.74, 6) is 0.537. The fourth-order valence-corrected chi connectivity index (χ4v) is 5.57. The molecule has 0 spiro atoms. The van der Waals surface area contributed by atoms with E-state index in [1.54, 1.807) is 6.07 Å². The number of pyridine rings is 2. The van der Waals surface area contributed by atoms with Crippen LogP contribution in [0.4, 0.5) is 16.0 Å². The van der Waals surface area contributed by atoms with Crippen molar-refractivity contribution in [2.45, 2.75) is 51.0 Å². The molecule has 0 bridgehead atoms. The maximum absolute atomic E-state index is 12.8. The van der Waals surface area contributed by atoms with Crippen LogP contribution < -0.4 is 21.7 Å². The summed E-state index contributed by atoms with van der Waals surface area (Å²) in [5.41, 5.74) is 7.22. The lowest BCUT2D eigenvalue weighted by molar-refractivity contribution is 0.0455. The zero-order chi connectivity index (χ0) is 32.6. The number of nitriles is 1. The normalized spacial score (nSPS) is 16.0. The molecule has 1 amide bonds. The van der Waals surface area contributed by atoms with Crippen LogP contribution in [0.3, 0.4) is 0 Å². The molecule has 1 aliphatic heterocycles. The summed E-state index contributed by atoms with van der Waals surface area (Å²) >= 11 is 6.19. The number of halogens is 2. The molecule has 1 aromatic carbocycles. The number of carbonyl (C=O) groups excluding carboxylic acids is 1. The second kappa shape index (κ2) is 18.4. The van der Waals surface area contributed by atoms with Gasteiger partial charge in [0.25, 0.3) is 5.91 Å². The van der Waals surface area contributed by atoms with Crippen molar-refractivity contribution in [1.82, 2.24) is 20.6 Å². The number of carbonyl (C=O) groups is 1. The number of hydrogen-bond donors (Lipinski definition) is 4. The van der Waals surface area contributed by atoms with Crippen molar-refractivity contribution in [3.63, 3.8) is 0 Å². The predicted octanol–water partition coefficient (Wildman–Crippen LogP) is 5.61. The van der Waals surface area contributed by atoms with Gasteiger partial charge in [0.15, 0.2) is 0 Å². The van der Waals surface area contributed by atoms with E-state index in [2.05, 4.69) is 32.0 Å². The molecular weight excluding hydrogens is 609 g/mol. The third-order valence-corrected chi connectivity index (χ3v) is 8.42. The Morgan fingerprint density at radius 1 is 1.11 bits per heavy atom. The number of ether oxygens (including phenoxy) is 2. The lowest BCUT2D eigenvalue weighted by atomic mass is 9.82. The summed E-state index contributed by atoms with van der Waals surface area (Å²) < 4.78 is 23.6. The van der Waals surface area contributed by atoms with Crippen LogP contribution in [0.5, 0.6) is 0 Å². The van der Waals surface area contributed by atoms with Crippen molar-refractivity contribution in [2.75, 3.05) is 57.1 Å². The summed E-state index contributed by atoms with van der Waals surface area (Å²) in [7, 11) is 0. The molecule has 2 fully saturated rings. The average Bonchev–Trinajstić information content (AvgIpc) is 3.09. The Morgan fingerprint density at radius 3 is 2.59 bits per heavy atom. The van der Waals surface area contributed by atoms with Gasteiger partial charge in [0.2, 0.25) is 0 Å². The molecule has 0 radical (unpaired) electrons. The number of hydrogen-bond acceptors (Lipinski definition) is 9. The first kappa shape index (κ1) is 35.0. The molecule has 5 rings (SSSR count). The standard InChI is InChI=1S/C17H18ClN5O.C17H25FN2O2/c18-13-9-21-15(20)8-12(13)14-2-1-3-16(23-14)22-11-17(10-19)4-6-24-7-5-17;18-15-8-6-14(7-9-15)17(21)20-11-13-22-12-10-19-16-4-2-1-3-5-16/h1-3,8-9H,4-7,11H2,(H2,20,21)(H,22,23);6-9,16,19H,1-5,10-13H2,(H,20,21). The smallest absolute Gasteiger partial charge is 0.251 e. The molecule has 0 atom stereocenters. The molecule has 0 unspecified atom stereocenters. The zero-order valence-corrected chi connectivity index (χ0v) is 26.8. The van der Waals surface area contributed by atoms with Crippen molar-refractivity contribution >= 4 is 29.1 Å². The lowest BCUT2D eigenvalue weighted by Gasteiger charge is -2.30. The summed E-state index contributed by atoms with van der Waals surface area (Å²) in [6.07, 6.45) is 9.53. The Hall–Kier alpha value is -3.82. The Bertz CT molecular complexity index is 1420. The number of aromatic nitrogens is 2. The predicted molar refractivity (Wildman–Crippen MR) is 178 cm³/mol. The van der Waals surface area contributed by atoms with Crippen LogP contribution in [-0.2, 0) is 9.47 Å². The number of nitrogens with two attached hydrogens (primary N) is 1. The number of amides is 1. The van der Waals surface area contributed by atoms with Gasteiger partial charge < -0.3 is 31.2 Å². The van der Waals surface area contributed by atoms with Gasteiger partial charge in [0.05, 0.1) is 35.4 Å². The first-order chi connectivity index (χ1) is 22.4. The Morgan fingerprint density at radius 2 is 1.85 bits per heavy atom. The molecule has 46 heavy (non-hydrogen) atoms. The number of nitrogens with one attached hydrogen (secondary N) is 3. The van der Waals surface area contributed by atoms with Crippen LogP contribution in [-0.4, -0.2) is 68.0 Å². The molecule has 246 valence electrons. The molecule has 5 N–H and O–H groups in total. The number of nitrogen functional groups attached to an aromatic ring is 1. The molecular formula is C34H43ClFN7O3. The number of benzene rings is 1. The van der Waals surface area contributed by atoms with Crippen LogP contribution in [0.25, 0.3) is 11.3 Å². The average molecular weight is 652 g/mol. The minimum Gasteiger partial charge on any atom is -0.384 e. The molecule has 10 nitrogen and oxygen atoms in total. The van der Waals surface area contributed by atoms with Crippen molar-refractivity contribution < 1.29 is 18.7 Å². The maximum atomic E-state index is 12.8. The van der Waals surface area contributed by atoms with Crippen LogP contribution in [0.2, 0.25) is 5.02 Å². The van der Waals surface area contributed by atoms with Crippen molar-refractivity contribution in [1.29, 1.82) is 5.26 Å². The summed E-state index contributed by atoms with van der Waals surface area (Å²) in [4.78, 5) is 20.3. The zero-order valence-electron chi connectivity index (χ0n) is 26.1. The maximum Gasteiger partial charge on any atom is 0.251 e. The second-order valence-electron chi connectivity index (χ2n) is 11.5. The Labute approximate surface area is 275 Å². The topological polar surface area (TPSA) is 147 Å². The van der Waals surface area contributed by atoms with E-state index < -0.39 is 5.41 Å². The van der Waals surface area contributed by atoms with Gasteiger partial charge in [-0.05, 0) is 68.1 Å². The fourth-order valence-electron chi connectivity index (χ4n) is 5.37. The number of anilines is 2. The quantitative estimate of drug-likeness (QED) is 0.184. The van der Waals surface area contributed by atoms with Gasteiger partial charge >= 0.3 is 0 Å². The molecule has 2 aromatic heterocycles. The van der Waals surface area contributed by atoms with Gasteiger partial charge in [-0.15, -0.1) is 0 Å². The molecule has 1 saturated carbocycles. The first-order valence-electron chi connectivity index (χ1n) is 15.8. The first-order valence-corrected chi connectivity index (χ1v) is 16.2. The number of nitrogens with zero attached hydrogens (tertiary/aromatic N) is 3. The monoisotopic (exact) mass is 651 g/mol. The lowest BCUT2D eigenvalue weighted by Crippen LogP contribution is -2.34. The molecule has 1 aliphatic carbocycles. The highest BCUT2D eigenvalue weighted by Gasteiger charge is 2.32. The van der Waals surface area contributed by atoms with Crippen LogP contribution >= 0.6 is 11.6 Å². The SMILES string of the molecule is N#CC1(CNc2cccc(-c3cc(N)ncc3Cl)n2)CCOCC1.O=C(NCCOCCNC1CCCCC1)c1ccc(F)cc1. The third kappa shape index (κ3) is 11.2. The van der Waals surface area contributed by atoms with Gasteiger partial charge in [0.1, 0.15) is 17.5 Å². The highest BCUT2D eigenvalue weighted by atomic mass is 35.5. The highest BCUT2D eigenvalue weighted by molar-refractivity contribution is 6.33. The molecule has 3 aromatic rings. The fraction of sp³-hybridized carbons (Fsp3) is 0.471. The minimum absolute atomic E-state index is 0.205. The van der Waals surface area contributed by atoms with Gasteiger partial charge in [0, 0.05) is 56.2 Å². The van der Waals surface area contributed by atoms with E-state index in [0.717, 1.165) is 24.9 Å². The van der Waals surface area contributed by atoms with E-state index in [9.17, 15) is 14.4 Å². The van der Waals surface area contributed by atoms with Crippen LogP contribution in [0.15, 0.2) is 54.7 Å². The largest absolute Gasteiger partial charge is 0.384 e. The van der Waals surface area contributed by atoms with E-state index in [1.807, 2.05) is 18.2 Å². The van der Waals surface area contributed by atoms with E-state index in [1.165, 1.54) is 62.6 Å². The van der Waals surface area contributed by atoms with Crippen LogP contribution in [0, 0.1) is 22.6 Å². The van der Waals surface area contributed by atoms with E-state index in [0.29, 0.717) is 73.5 Å². The molecule has 2 aliphatic rings. The van der Waals surface area contributed by atoms with Crippen molar-refractivity contribution in [2.24, 2.45) is 5.41 Å².